The van der Waals surface area contributed by atoms with Crippen molar-refractivity contribution in [2.75, 3.05) is 13.2 Å². The van der Waals surface area contributed by atoms with Crippen LogP contribution in [0.25, 0.3) is 0 Å². The predicted octanol–water partition coefficient (Wildman–Crippen LogP) is 2.79. The summed E-state index contributed by atoms with van der Waals surface area (Å²) in [4.78, 5) is 12.3. The van der Waals surface area contributed by atoms with E-state index in [4.69, 9.17) is 4.74 Å². The summed E-state index contributed by atoms with van der Waals surface area (Å²) in [5.74, 6) is 0.589. The highest BCUT2D eigenvalue weighted by atomic mass is 16.5. The third-order valence-corrected chi connectivity index (χ3v) is 4.73. The number of amides is 1. The van der Waals surface area contributed by atoms with Gasteiger partial charge < -0.3 is 10.1 Å². The molecule has 3 nitrogen and oxygen atoms in total. The van der Waals surface area contributed by atoms with E-state index in [2.05, 4.69) is 36.5 Å². The molecular formula is C17H23NO2. The second-order valence-corrected chi connectivity index (χ2v) is 6.36. The molecule has 1 amide bonds. The van der Waals surface area contributed by atoms with Crippen LogP contribution in [-0.4, -0.2) is 24.7 Å². The monoisotopic (exact) mass is 273 g/mol. The molecule has 1 saturated heterocycles. The van der Waals surface area contributed by atoms with Crippen molar-refractivity contribution >= 4 is 5.91 Å². The van der Waals surface area contributed by atoms with Crippen LogP contribution in [0.15, 0.2) is 24.3 Å². The largest absolute Gasteiger partial charge is 0.381 e. The Bertz CT molecular complexity index is 492. The van der Waals surface area contributed by atoms with Gasteiger partial charge in [-0.2, -0.15) is 0 Å². The van der Waals surface area contributed by atoms with Gasteiger partial charge in [0, 0.05) is 25.2 Å². The molecule has 3 heteroatoms. The standard InChI is InChI=1S/C17H23NO2/c1-17(8-10-20-11-9-17)18-16(19)12-14-7-6-13-4-2-3-5-15(13)14/h2-5,14H,6-12H2,1H3,(H,18,19). The topological polar surface area (TPSA) is 38.3 Å². The first-order chi connectivity index (χ1) is 9.66. The molecule has 0 radical (unpaired) electrons. The van der Waals surface area contributed by atoms with E-state index in [9.17, 15) is 4.79 Å². The lowest BCUT2D eigenvalue weighted by Crippen LogP contribution is -2.49. The third-order valence-electron chi connectivity index (χ3n) is 4.73. The zero-order valence-electron chi connectivity index (χ0n) is 12.2. The first kappa shape index (κ1) is 13.6. The molecule has 1 aromatic carbocycles. The van der Waals surface area contributed by atoms with Gasteiger partial charge in [-0.05, 0) is 49.7 Å². The van der Waals surface area contributed by atoms with Gasteiger partial charge in [-0.1, -0.05) is 24.3 Å². The molecule has 1 heterocycles. The molecule has 2 aliphatic rings. The maximum atomic E-state index is 12.3. The maximum absolute atomic E-state index is 12.3. The minimum absolute atomic E-state index is 0.0759. The van der Waals surface area contributed by atoms with Gasteiger partial charge in [0.15, 0.2) is 0 Å². The molecule has 0 bridgehead atoms. The molecular weight excluding hydrogens is 250 g/mol. The zero-order valence-corrected chi connectivity index (χ0v) is 12.2. The van der Waals surface area contributed by atoms with Crippen LogP contribution in [0, 0.1) is 0 Å². The lowest BCUT2D eigenvalue weighted by Gasteiger charge is -2.34. The summed E-state index contributed by atoms with van der Waals surface area (Å²) < 4.78 is 5.38. The third kappa shape index (κ3) is 2.88. The Kier molecular flexibility index (Phi) is 3.79. The molecule has 108 valence electrons. The molecule has 1 aromatic rings. The van der Waals surface area contributed by atoms with Gasteiger partial charge in [0.25, 0.3) is 0 Å². The molecule has 1 N–H and O–H groups in total. The van der Waals surface area contributed by atoms with Crippen LogP contribution in [0.2, 0.25) is 0 Å². The van der Waals surface area contributed by atoms with E-state index in [1.54, 1.807) is 0 Å². The summed E-state index contributed by atoms with van der Waals surface area (Å²) in [5, 5.41) is 3.23. The first-order valence-electron chi connectivity index (χ1n) is 7.63. The van der Waals surface area contributed by atoms with Crippen LogP contribution >= 0.6 is 0 Å². The second-order valence-electron chi connectivity index (χ2n) is 6.36. The number of nitrogens with one attached hydrogen (secondary N) is 1. The van der Waals surface area contributed by atoms with Crippen molar-refractivity contribution in [2.24, 2.45) is 0 Å². The minimum Gasteiger partial charge on any atom is -0.381 e. The number of carbonyl (C=O) groups is 1. The molecule has 1 fully saturated rings. The number of aryl methyl sites for hydroxylation is 1. The average molecular weight is 273 g/mol. The molecule has 1 atom stereocenters. The first-order valence-corrected chi connectivity index (χ1v) is 7.63. The zero-order chi connectivity index (χ0) is 14.0. The number of ether oxygens (including phenoxy) is 1. The molecule has 20 heavy (non-hydrogen) atoms. The van der Waals surface area contributed by atoms with Crippen LogP contribution in [0.4, 0.5) is 0 Å². The van der Waals surface area contributed by atoms with Crippen molar-refractivity contribution in [3.63, 3.8) is 0 Å². The summed E-state index contributed by atoms with van der Waals surface area (Å²) >= 11 is 0. The Morgan fingerprint density at radius 2 is 2.10 bits per heavy atom. The molecule has 1 aliphatic carbocycles. The van der Waals surface area contributed by atoms with Crippen molar-refractivity contribution in [3.05, 3.63) is 35.4 Å². The number of fused-ring (bicyclic) bond motifs is 1. The Morgan fingerprint density at radius 1 is 1.35 bits per heavy atom. The fourth-order valence-electron chi connectivity index (χ4n) is 3.42. The van der Waals surface area contributed by atoms with Crippen LogP contribution in [-0.2, 0) is 16.0 Å². The highest BCUT2D eigenvalue weighted by Gasteiger charge is 2.31. The van der Waals surface area contributed by atoms with Gasteiger partial charge in [0.2, 0.25) is 5.91 Å². The van der Waals surface area contributed by atoms with E-state index in [-0.39, 0.29) is 11.4 Å². The highest BCUT2D eigenvalue weighted by Crippen LogP contribution is 2.35. The number of hydrogen-bond acceptors (Lipinski definition) is 2. The smallest absolute Gasteiger partial charge is 0.221 e. The molecule has 0 spiro atoms. The molecule has 0 aromatic heterocycles. The van der Waals surface area contributed by atoms with Gasteiger partial charge in [0.1, 0.15) is 0 Å². The van der Waals surface area contributed by atoms with Gasteiger partial charge in [-0.3, -0.25) is 4.79 Å². The van der Waals surface area contributed by atoms with Gasteiger partial charge in [-0.25, -0.2) is 0 Å². The fourth-order valence-corrected chi connectivity index (χ4v) is 3.42. The van der Waals surface area contributed by atoms with E-state index in [0.29, 0.717) is 12.3 Å². The van der Waals surface area contributed by atoms with E-state index in [1.165, 1.54) is 11.1 Å². The molecule has 0 saturated carbocycles. The Labute approximate surface area is 120 Å². The van der Waals surface area contributed by atoms with E-state index < -0.39 is 0 Å². The second kappa shape index (κ2) is 5.57. The van der Waals surface area contributed by atoms with Gasteiger partial charge in [0.05, 0.1) is 0 Å². The van der Waals surface area contributed by atoms with E-state index in [1.807, 2.05) is 0 Å². The average Bonchev–Trinajstić information content (AvgIpc) is 2.82. The van der Waals surface area contributed by atoms with Crippen LogP contribution < -0.4 is 5.32 Å². The van der Waals surface area contributed by atoms with Crippen molar-refractivity contribution in [1.82, 2.24) is 5.32 Å². The van der Waals surface area contributed by atoms with Crippen LogP contribution in [0.3, 0.4) is 0 Å². The number of benzene rings is 1. The van der Waals surface area contributed by atoms with Crippen molar-refractivity contribution < 1.29 is 9.53 Å². The summed E-state index contributed by atoms with van der Waals surface area (Å²) in [7, 11) is 0. The minimum atomic E-state index is -0.0759. The Hall–Kier alpha value is -1.35. The number of rotatable bonds is 3. The predicted molar refractivity (Wildman–Crippen MR) is 78.7 cm³/mol. The fraction of sp³-hybridized carbons (Fsp3) is 0.588. The highest BCUT2D eigenvalue weighted by molar-refractivity contribution is 5.78. The Morgan fingerprint density at radius 3 is 2.90 bits per heavy atom. The van der Waals surface area contributed by atoms with Gasteiger partial charge in [-0.15, -0.1) is 0 Å². The molecule has 1 aliphatic heterocycles. The summed E-state index contributed by atoms with van der Waals surface area (Å²) in [5.41, 5.74) is 2.72. The van der Waals surface area contributed by atoms with E-state index in [0.717, 1.165) is 38.9 Å². The van der Waals surface area contributed by atoms with Crippen LogP contribution in [0.5, 0.6) is 0 Å². The lowest BCUT2D eigenvalue weighted by molar-refractivity contribution is -0.124. The number of hydrogen-bond donors (Lipinski definition) is 1. The normalized spacial score (nSPS) is 24.1. The Balaban J connectivity index is 1.60. The van der Waals surface area contributed by atoms with E-state index >= 15 is 0 Å². The van der Waals surface area contributed by atoms with Crippen molar-refractivity contribution in [1.29, 1.82) is 0 Å². The summed E-state index contributed by atoms with van der Waals surface area (Å²) in [6.45, 7) is 3.64. The summed E-state index contributed by atoms with van der Waals surface area (Å²) in [6.07, 6.45) is 4.67. The molecule has 3 rings (SSSR count). The van der Waals surface area contributed by atoms with Crippen molar-refractivity contribution in [2.45, 2.75) is 50.5 Å². The molecule has 1 unspecified atom stereocenters. The SMILES string of the molecule is CC1(NC(=O)CC2CCc3ccccc32)CCOCC1. The maximum Gasteiger partial charge on any atom is 0.221 e. The van der Waals surface area contributed by atoms with Gasteiger partial charge >= 0.3 is 0 Å². The number of carbonyl (C=O) groups excluding carboxylic acids is 1. The van der Waals surface area contributed by atoms with Crippen molar-refractivity contribution in [3.8, 4) is 0 Å². The van der Waals surface area contributed by atoms with Crippen LogP contribution in [0.1, 0.15) is 49.7 Å². The lowest BCUT2D eigenvalue weighted by atomic mass is 9.91. The summed E-state index contributed by atoms with van der Waals surface area (Å²) in [6, 6.07) is 8.53. The quantitative estimate of drug-likeness (QED) is 0.919.